The first-order valence-corrected chi connectivity index (χ1v) is 9.37. The number of aromatic nitrogens is 3. The topological polar surface area (TPSA) is 106 Å². The Morgan fingerprint density at radius 2 is 2.12 bits per heavy atom. The number of ether oxygens (including phenoxy) is 1. The van der Waals surface area contributed by atoms with Gasteiger partial charge in [0.25, 0.3) is 0 Å². The van der Waals surface area contributed by atoms with Crippen LogP contribution in [0.2, 0.25) is 5.15 Å². The van der Waals surface area contributed by atoms with E-state index in [2.05, 4.69) is 15.0 Å². The summed E-state index contributed by atoms with van der Waals surface area (Å²) in [5.74, 6) is -0.710. The van der Waals surface area contributed by atoms with Gasteiger partial charge in [0, 0.05) is 12.8 Å². The van der Waals surface area contributed by atoms with Crippen LogP contribution in [0.1, 0.15) is 6.42 Å². The van der Waals surface area contributed by atoms with Crippen molar-refractivity contribution in [3.8, 4) is 5.88 Å². The Balaban J connectivity index is 2.11. The Kier molecular flexibility index (Phi) is 3.35. The molecule has 4 rings (SSSR count). The third-order valence-corrected chi connectivity index (χ3v) is 5.18. The van der Waals surface area contributed by atoms with Crippen molar-refractivity contribution in [1.29, 1.82) is 0 Å². The predicted molar refractivity (Wildman–Crippen MR) is 82.7 cm³/mol. The predicted octanol–water partition coefficient (Wildman–Crippen LogP) is 0.553. The highest BCUT2D eigenvalue weighted by atomic mass is 35.5. The molecule has 24 heavy (non-hydrogen) atoms. The monoisotopic (exact) mass is 374 g/mol. The van der Waals surface area contributed by atoms with Gasteiger partial charge in [-0.25, -0.2) is 22.8 Å². The Morgan fingerprint density at radius 3 is 2.83 bits per heavy atom. The lowest BCUT2D eigenvalue weighted by molar-refractivity contribution is 0.186. The zero-order chi connectivity index (χ0) is 17.2. The molecule has 4 heterocycles. The van der Waals surface area contributed by atoms with Crippen molar-refractivity contribution in [1.82, 2.24) is 15.0 Å². The molecule has 8 nitrogen and oxygen atoms in total. The van der Waals surface area contributed by atoms with E-state index in [0.717, 1.165) is 6.26 Å². The average molecular weight is 375 g/mol. The number of pyridine rings is 1. The molecular weight excluding hydrogens is 363 g/mol. The molecule has 2 atom stereocenters. The van der Waals surface area contributed by atoms with Crippen LogP contribution in [0.3, 0.4) is 0 Å². The quantitative estimate of drug-likeness (QED) is 0.570. The Labute approximate surface area is 141 Å². The highest BCUT2D eigenvalue weighted by Crippen LogP contribution is 2.40. The lowest BCUT2D eigenvalue weighted by Gasteiger charge is -2.23. The number of sulfone groups is 1. The summed E-state index contributed by atoms with van der Waals surface area (Å²) in [7, 11) is -3.78. The highest BCUT2D eigenvalue weighted by molar-refractivity contribution is 7.90. The lowest BCUT2D eigenvalue weighted by Crippen LogP contribution is -2.34. The first-order chi connectivity index (χ1) is 11.3. The minimum absolute atomic E-state index is 0.0512. The summed E-state index contributed by atoms with van der Waals surface area (Å²) < 4.78 is 43.8. The minimum Gasteiger partial charge on any atom is -0.475 e. The second kappa shape index (κ2) is 5.11. The van der Waals surface area contributed by atoms with Gasteiger partial charge in [0.1, 0.15) is 23.3 Å². The maximum Gasteiger partial charge on any atom is 0.249 e. The first kappa shape index (κ1) is 15.7. The van der Waals surface area contributed by atoms with Crippen LogP contribution in [0.25, 0.3) is 10.9 Å². The molecule has 11 heteroatoms. The first-order valence-electron chi connectivity index (χ1n) is 7.10. The summed E-state index contributed by atoms with van der Waals surface area (Å²) in [5, 5.41) is 9.10. The van der Waals surface area contributed by atoms with Crippen LogP contribution in [0, 0.1) is 5.82 Å². The number of anilines is 1. The standard InChI is InChI=1S/C13H12ClFN4O4S/c1-24(21,22)13-16-9-7-11(18-13)19-3-6(20)2-5(19)4-23-12(7)17-10(14)8(9)15/h5-6,20H,2-4H2,1H3/t5-,6?/m0/s1. The van der Waals surface area contributed by atoms with Gasteiger partial charge in [-0.1, -0.05) is 11.6 Å². The maximum atomic E-state index is 14.4. The van der Waals surface area contributed by atoms with Crippen molar-refractivity contribution in [2.45, 2.75) is 23.7 Å². The summed E-state index contributed by atoms with van der Waals surface area (Å²) in [6, 6.07) is -0.235. The molecule has 0 aliphatic carbocycles. The average Bonchev–Trinajstić information content (AvgIpc) is 2.82. The van der Waals surface area contributed by atoms with Crippen molar-refractivity contribution in [3.05, 3.63) is 11.0 Å². The molecule has 0 amide bonds. The summed E-state index contributed by atoms with van der Waals surface area (Å²) in [6.07, 6.45) is 0.743. The van der Waals surface area contributed by atoms with Crippen LogP contribution >= 0.6 is 11.6 Å². The largest absolute Gasteiger partial charge is 0.475 e. The van der Waals surface area contributed by atoms with E-state index in [4.69, 9.17) is 16.3 Å². The Hall–Kier alpha value is -1.78. The van der Waals surface area contributed by atoms with Gasteiger partial charge >= 0.3 is 0 Å². The van der Waals surface area contributed by atoms with Crippen LogP contribution in [0.4, 0.5) is 10.2 Å². The molecule has 2 aromatic heterocycles. The van der Waals surface area contributed by atoms with Gasteiger partial charge in [-0.3, -0.25) is 0 Å². The van der Waals surface area contributed by atoms with E-state index in [1.807, 2.05) is 0 Å². The molecule has 1 N–H and O–H groups in total. The van der Waals surface area contributed by atoms with Crippen molar-refractivity contribution in [2.24, 2.45) is 0 Å². The van der Waals surface area contributed by atoms with Gasteiger partial charge in [-0.15, -0.1) is 0 Å². The smallest absolute Gasteiger partial charge is 0.249 e. The van der Waals surface area contributed by atoms with E-state index in [9.17, 15) is 17.9 Å². The normalized spacial score (nSPS) is 23.1. The molecule has 1 fully saturated rings. The van der Waals surface area contributed by atoms with E-state index in [-0.39, 0.29) is 41.8 Å². The molecule has 128 valence electrons. The Morgan fingerprint density at radius 1 is 1.38 bits per heavy atom. The van der Waals surface area contributed by atoms with E-state index < -0.39 is 32.1 Å². The molecule has 0 spiro atoms. The molecular formula is C13H12ClFN4O4S. The van der Waals surface area contributed by atoms with Gasteiger partial charge < -0.3 is 14.7 Å². The second-order valence-electron chi connectivity index (χ2n) is 5.85. The number of aliphatic hydroxyl groups is 1. The van der Waals surface area contributed by atoms with E-state index >= 15 is 0 Å². The minimum atomic E-state index is -3.78. The van der Waals surface area contributed by atoms with E-state index in [1.165, 1.54) is 0 Å². The fourth-order valence-corrected chi connectivity index (χ4v) is 3.71. The van der Waals surface area contributed by atoms with Crippen molar-refractivity contribution >= 4 is 38.2 Å². The third kappa shape index (κ3) is 2.28. The fourth-order valence-electron chi connectivity index (χ4n) is 3.04. The summed E-state index contributed by atoms with van der Waals surface area (Å²) >= 11 is 5.78. The molecule has 0 bridgehead atoms. The zero-order valence-corrected chi connectivity index (χ0v) is 14.0. The fraction of sp³-hybridized carbons (Fsp3) is 0.462. The molecule has 2 aliphatic heterocycles. The van der Waals surface area contributed by atoms with E-state index in [1.54, 1.807) is 4.90 Å². The van der Waals surface area contributed by atoms with Gasteiger partial charge in [-0.05, 0) is 6.42 Å². The third-order valence-electron chi connectivity index (χ3n) is 4.08. The van der Waals surface area contributed by atoms with Crippen molar-refractivity contribution in [2.75, 3.05) is 24.3 Å². The zero-order valence-electron chi connectivity index (χ0n) is 12.4. The second-order valence-corrected chi connectivity index (χ2v) is 8.12. The van der Waals surface area contributed by atoms with Crippen LogP contribution < -0.4 is 9.64 Å². The molecule has 2 aromatic rings. The van der Waals surface area contributed by atoms with Crippen LogP contribution in [-0.4, -0.2) is 60.0 Å². The SMILES string of the molecule is CS(=O)(=O)c1nc2c3c(nc(Cl)c(F)c3n1)OC[C@@H]1CC(O)CN21. The number of fused-ring (bicyclic) bond motifs is 2. The molecule has 2 aliphatic rings. The number of hydrogen-bond acceptors (Lipinski definition) is 8. The van der Waals surface area contributed by atoms with Gasteiger partial charge in [0.15, 0.2) is 11.0 Å². The number of nitrogens with zero attached hydrogens (tertiary/aromatic N) is 4. The van der Waals surface area contributed by atoms with Gasteiger partial charge in [-0.2, -0.15) is 4.98 Å². The molecule has 0 saturated carbocycles. The van der Waals surface area contributed by atoms with Gasteiger partial charge in [0.05, 0.1) is 12.1 Å². The number of aliphatic hydroxyl groups excluding tert-OH is 1. The highest BCUT2D eigenvalue weighted by Gasteiger charge is 2.38. The molecule has 0 aromatic carbocycles. The molecule has 0 radical (unpaired) electrons. The number of hydrogen-bond donors (Lipinski definition) is 1. The maximum absolute atomic E-state index is 14.4. The van der Waals surface area contributed by atoms with Crippen molar-refractivity contribution in [3.63, 3.8) is 0 Å². The molecule has 1 saturated heterocycles. The summed E-state index contributed by atoms with van der Waals surface area (Å²) in [4.78, 5) is 13.5. The van der Waals surface area contributed by atoms with Crippen molar-refractivity contribution < 1.29 is 22.7 Å². The molecule has 1 unspecified atom stereocenters. The van der Waals surface area contributed by atoms with Crippen LogP contribution in [0.5, 0.6) is 5.88 Å². The summed E-state index contributed by atoms with van der Waals surface area (Å²) in [6.45, 7) is 0.415. The van der Waals surface area contributed by atoms with Gasteiger partial charge in [0.2, 0.25) is 20.9 Å². The van der Waals surface area contributed by atoms with Crippen LogP contribution in [0.15, 0.2) is 5.16 Å². The van der Waals surface area contributed by atoms with Crippen LogP contribution in [-0.2, 0) is 9.84 Å². The lowest BCUT2D eigenvalue weighted by atomic mass is 10.2. The number of halogens is 2. The van der Waals surface area contributed by atoms with E-state index in [0.29, 0.717) is 6.42 Å². The Bertz CT molecular complexity index is 970. The summed E-state index contributed by atoms with van der Waals surface area (Å²) in [5.41, 5.74) is -0.266. The number of rotatable bonds is 1.